The van der Waals surface area contributed by atoms with Crippen molar-refractivity contribution in [3.63, 3.8) is 0 Å². The molecule has 2 aliphatic carbocycles. The molecule has 0 bridgehead atoms. The molecule has 5 aromatic rings. The highest BCUT2D eigenvalue weighted by molar-refractivity contribution is 5.88. The number of nitriles is 1. The summed E-state index contributed by atoms with van der Waals surface area (Å²) < 4.78 is 0. The van der Waals surface area contributed by atoms with Crippen molar-refractivity contribution in [2.45, 2.75) is 37.5 Å². The van der Waals surface area contributed by atoms with E-state index in [0.717, 1.165) is 35.1 Å². The number of hydrogen-bond donors (Lipinski definition) is 0. The second-order valence-corrected chi connectivity index (χ2v) is 10.3. The van der Waals surface area contributed by atoms with Gasteiger partial charge in [0.05, 0.1) is 11.6 Å². The van der Waals surface area contributed by atoms with Gasteiger partial charge in [0.1, 0.15) is 0 Å². The van der Waals surface area contributed by atoms with Crippen LogP contribution < -0.4 is 0 Å². The fourth-order valence-electron chi connectivity index (χ4n) is 6.46. The van der Waals surface area contributed by atoms with E-state index in [-0.39, 0.29) is 5.41 Å². The zero-order chi connectivity index (χ0) is 25.5. The van der Waals surface area contributed by atoms with Crippen LogP contribution in [0.1, 0.15) is 48.8 Å². The molecular formula is C34H26N4. The second kappa shape index (κ2) is 9.04. The van der Waals surface area contributed by atoms with Crippen LogP contribution in [0, 0.1) is 11.3 Å². The molecule has 4 heteroatoms. The normalized spacial score (nSPS) is 15.0. The van der Waals surface area contributed by atoms with Crippen molar-refractivity contribution in [1.82, 2.24) is 15.0 Å². The Balaban J connectivity index is 1.50. The highest BCUT2D eigenvalue weighted by atomic mass is 15.0. The zero-order valence-corrected chi connectivity index (χ0v) is 21.1. The van der Waals surface area contributed by atoms with E-state index >= 15 is 0 Å². The van der Waals surface area contributed by atoms with Crippen LogP contribution in [0.3, 0.4) is 0 Å². The molecule has 1 heterocycles. The molecule has 0 atom stereocenters. The summed E-state index contributed by atoms with van der Waals surface area (Å²) >= 11 is 0. The smallest absolute Gasteiger partial charge is 0.164 e. The third-order valence-electron chi connectivity index (χ3n) is 8.14. The summed E-state index contributed by atoms with van der Waals surface area (Å²) in [5.74, 6) is 2.05. The van der Waals surface area contributed by atoms with Gasteiger partial charge in [-0.25, -0.2) is 15.0 Å². The molecule has 2 aliphatic rings. The molecule has 0 radical (unpaired) electrons. The molecule has 4 aromatic carbocycles. The summed E-state index contributed by atoms with van der Waals surface area (Å²) in [7, 11) is 0. The van der Waals surface area contributed by atoms with Gasteiger partial charge >= 0.3 is 0 Å². The average Bonchev–Trinajstić information content (AvgIpc) is 3.26. The second-order valence-electron chi connectivity index (χ2n) is 10.3. The molecule has 182 valence electrons. The summed E-state index contributed by atoms with van der Waals surface area (Å²) in [4.78, 5) is 15.1. The molecule has 4 nitrogen and oxygen atoms in total. The van der Waals surface area contributed by atoms with Crippen molar-refractivity contribution in [1.29, 1.82) is 5.26 Å². The summed E-state index contributed by atoms with van der Waals surface area (Å²) in [5.41, 5.74) is 8.68. The fraction of sp³-hybridized carbons (Fsp3) is 0.176. The van der Waals surface area contributed by atoms with Crippen molar-refractivity contribution in [2.75, 3.05) is 0 Å². The van der Waals surface area contributed by atoms with E-state index < -0.39 is 0 Å². The van der Waals surface area contributed by atoms with E-state index in [9.17, 15) is 5.26 Å². The maximum atomic E-state index is 9.71. The molecule has 1 fully saturated rings. The first-order valence-corrected chi connectivity index (χ1v) is 13.3. The first kappa shape index (κ1) is 22.6. The van der Waals surface area contributed by atoms with Gasteiger partial charge in [-0.15, -0.1) is 0 Å². The minimum Gasteiger partial charge on any atom is -0.208 e. The Morgan fingerprint density at radius 1 is 0.579 bits per heavy atom. The van der Waals surface area contributed by atoms with Crippen LogP contribution in [0.4, 0.5) is 0 Å². The molecule has 1 saturated carbocycles. The number of nitrogens with zero attached hydrogens (tertiary/aromatic N) is 4. The maximum absolute atomic E-state index is 9.71. The Labute approximate surface area is 222 Å². The lowest BCUT2D eigenvalue weighted by molar-refractivity contribution is 0.353. The number of aromatic nitrogens is 3. The van der Waals surface area contributed by atoms with Crippen LogP contribution in [0.2, 0.25) is 0 Å². The van der Waals surface area contributed by atoms with Gasteiger partial charge in [-0.2, -0.15) is 5.26 Å². The minimum absolute atomic E-state index is 0.126. The Morgan fingerprint density at radius 3 is 1.82 bits per heavy atom. The molecule has 7 rings (SSSR count). The molecule has 1 spiro atoms. The molecule has 0 aliphatic heterocycles. The van der Waals surface area contributed by atoms with Crippen LogP contribution in [0.5, 0.6) is 0 Å². The predicted octanol–water partition coefficient (Wildman–Crippen LogP) is 7.97. The fourth-order valence-corrected chi connectivity index (χ4v) is 6.46. The lowest BCUT2D eigenvalue weighted by Crippen LogP contribution is -2.29. The van der Waals surface area contributed by atoms with Gasteiger partial charge < -0.3 is 0 Å². The van der Waals surface area contributed by atoms with E-state index in [2.05, 4.69) is 36.4 Å². The third kappa shape index (κ3) is 3.55. The standard InChI is InChI=1S/C34H26N4/c35-22-23-17-18-26-27-15-10-16-28(30(27)34(29(26)21-23)19-8-3-9-20-34)33-37-31(24-11-4-1-5-12-24)36-32(38-33)25-13-6-2-7-14-25/h1-2,4-7,10-18,21H,3,8-9,19-20H2. The minimum atomic E-state index is -0.126. The van der Waals surface area contributed by atoms with Gasteiger partial charge in [-0.05, 0) is 47.2 Å². The van der Waals surface area contributed by atoms with Crippen molar-refractivity contribution >= 4 is 0 Å². The molecule has 0 N–H and O–H groups in total. The van der Waals surface area contributed by atoms with Crippen molar-refractivity contribution in [3.05, 3.63) is 114 Å². The lowest BCUT2D eigenvalue weighted by atomic mass is 9.66. The van der Waals surface area contributed by atoms with Gasteiger partial charge in [0.15, 0.2) is 17.5 Å². The summed E-state index contributed by atoms with van der Waals surface area (Å²) in [6, 6.07) is 35.4. The maximum Gasteiger partial charge on any atom is 0.164 e. The van der Waals surface area contributed by atoms with E-state index in [1.165, 1.54) is 41.5 Å². The predicted molar refractivity (Wildman–Crippen MR) is 150 cm³/mol. The Bertz CT molecular complexity index is 1640. The SMILES string of the molecule is N#Cc1ccc2c(c1)C1(CCCCC1)c1c(-c3nc(-c4ccccc4)nc(-c4ccccc4)n3)cccc1-2. The largest absolute Gasteiger partial charge is 0.208 e. The molecule has 38 heavy (non-hydrogen) atoms. The number of rotatable bonds is 3. The highest BCUT2D eigenvalue weighted by Gasteiger charge is 2.45. The first-order chi connectivity index (χ1) is 18.8. The van der Waals surface area contributed by atoms with Crippen molar-refractivity contribution < 1.29 is 0 Å². The van der Waals surface area contributed by atoms with E-state index in [1.807, 2.05) is 66.7 Å². The monoisotopic (exact) mass is 490 g/mol. The number of fused-ring (bicyclic) bond motifs is 5. The van der Waals surface area contributed by atoms with Crippen LogP contribution in [-0.4, -0.2) is 15.0 Å². The Morgan fingerprint density at radius 2 is 1.18 bits per heavy atom. The van der Waals surface area contributed by atoms with E-state index in [4.69, 9.17) is 15.0 Å². The van der Waals surface area contributed by atoms with Crippen LogP contribution in [-0.2, 0) is 5.41 Å². The van der Waals surface area contributed by atoms with Crippen LogP contribution >= 0.6 is 0 Å². The molecule has 0 amide bonds. The first-order valence-electron chi connectivity index (χ1n) is 13.3. The van der Waals surface area contributed by atoms with Gasteiger partial charge in [-0.1, -0.05) is 104 Å². The Hall–Kier alpha value is -4.62. The van der Waals surface area contributed by atoms with Crippen molar-refractivity contribution in [2.24, 2.45) is 0 Å². The molecule has 0 unspecified atom stereocenters. The zero-order valence-electron chi connectivity index (χ0n) is 21.1. The molecule has 1 aromatic heterocycles. The van der Waals surface area contributed by atoms with Crippen LogP contribution in [0.25, 0.3) is 45.3 Å². The molecule has 0 saturated heterocycles. The quantitative estimate of drug-likeness (QED) is 0.257. The summed E-state index contributed by atoms with van der Waals surface area (Å²) in [6.07, 6.45) is 5.73. The summed E-state index contributed by atoms with van der Waals surface area (Å²) in [6.45, 7) is 0. The van der Waals surface area contributed by atoms with Gasteiger partial charge in [0.2, 0.25) is 0 Å². The number of benzene rings is 4. The average molecular weight is 491 g/mol. The summed E-state index contributed by atoms with van der Waals surface area (Å²) in [5, 5.41) is 9.71. The Kier molecular flexibility index (Phi) is 5.37. The highest BCUT2D eigenvalue weighted by Crippen LogP contribution is 2.58. The lowest BCUT2D eigenvalue weighted by Gasteiger charge is -2.37. The van der Waals surface area contributed by atoms with E-state index in [0.29, 0.717) is 17.5 Å². The van der Waals surface area contributed by atoms with Crippen molar-refractivity contribution in [3.8, 4) is 51.4 Å². The third-order valence-corrected chi connectivity index (χ3v) is 8.14. The number of hydrogen-bond acceptors (Lipinski definition) is 4. The van der Waals surface area contributed by atoms with Crippen LogP contribution in [0.15, 0.2) is 97.1 Å². The van der Waals surface area contributed by atoms with Gasteiger partial charge in [0.25, 0.3) is 0 Å². The topological polar surface area (TPSA) is 62.5 Å². The molecular weight excluding hydrogens is 464 g/mol. The van der Waals surface area contributed by atoms with Gasteiger partial charge in [-0.3, -0.25) is 0 Å². The van der Waals surface area contributed by atoms with E-state index in [1.54, 1.807) is 0 Å². The van der Waals surface area contributed by atoms with Gasteiger partial charge in [0, 0.05) is 22.1 Å².